The van der Waals surface area contributed by atoms with Gasteiger partial charge in [0.2, 0.25) is 5.91 Å². The summed E-state index contributed by atoms with van der Waals surface area (Å²) in [7, 11) is 1.67. The number of thioether (sulfide) groups is 1. The minimum absolute atomic E-state index is 0.0453. The molecule has 0 radical (unpaired) electrons. The molecule has 1 aromatic carbocycles. The quantitative estimate of drug-likeness (QED) is 0.853. The molecule has 2 unspecified atom stereocenters. The molecule has 92 valence electrons. The molecule has 0 bridgehead atoms. The van der Waals surface area contributed by atoms with Gasteiger partial charge in [-0.3, -0.25) is 4.79 Å². The maximum absolute atomic E-state index is 11.4. The first kappa shape index (κ1) is 12.5. The zero-order valence-corrected chi connectivity index (χ0v) is 11.0. The van der Waals surface area contributed by atoms with Gasteiger partial charge in [0.1, 0.15) is 0 Å². The van der Waals surface area contributed by atoms with Crippen LogP contribution in [-0.2, 0) is 4.79 Å². The van der Waals surface area contributed by atoms with E-state index in [9.17, 15) is 4.79 Å². The molecule has 1 amide bonds. The van der Waals surface area contributed by atoms with Crippen molar-refractivity contribution in [3.63, 3.8) is 0 Å². The minimum atomic E-state index is -0.127. The topological polar surface area (TPSA) is 41.1 Å². The van der Waals surface area contributed by atoms with Crippen molar-refractivity contribution in [2.24, 2.45) is 0 Å². The lowest BCUT2D eigenvalue weighted by molar-refractivity contribution is -0.122. The van der Waals surface area contributed by atoms with Crippen LogP contribution in [0.15, 0.2) is 29.2 Å². The van der Waals surface area contributed by atoms with E-state index in [1.54, 1.807) is 7.05 Å². The molecular formula is C13H18N2OS. The summed E-state index contributed by atoms with van der Waals surface area (Å²) in [6, 6.07) is 8.39. The van der Waals surface area contributed by atoms with Crippen LogP contribution in [0.2, 0.25) is 0 Å². The van der Waals surface area contributed by atoms with Crippen LogP contribution in [0.1, 0.15) is 18.4 Å². The first-order valence-corrected chi connectivity index (χ1v) is 6.87. The Morgan fingerprint density at radius 2 is 2.29 bits per heavy atom. The number of hydrogen-bond donors (Lipinski definition) is 2. The number of fused-ring (bicyclic) bond motifs is 1. The molecule has 2 rings (SSSR count). The maximum Gasteiger partial charge on any atom is 0.236 e. The van der Waals surface area contributed by atoms with E-state index in [0.29, 0.717) is 5.92 Å². The summed E-state index contributed by atoms with van der Waals surface area (Å²) in [5.41, 5.74) is 1.41. The van der Waals surface area contributed by atoms with Crippen LogP contribution < -0.4 is 10.6 Å². The number of hydrogen-bond acceptors (Lipinski definition) is 3. The predicted octanol–water partition coefficient (Wildman–Crippen LogP) is 1.60. The molecule has 0 spiro atoms. The molecule has 1 aliphatic rings. The Bertz CT molecular complexity index is 408. The van der Waals surface area contributed by atoms with Gasteiger partial charge in [0.05, 0.1) is 6.04 Å². The molecule has 1 aromatic rings. The Morgan fingerprint density at radius 3 is 3.06 bits per heavy atom. The highest BCUT2D eigenvalue weighted by Gasteiger charge is 2.23. The van der Waals surface area contributed by atoms with E-state index in [1.807, 2.05) is 18.7 Å². The molecule has 4 heteroatoms. The Kier molecular flexibility index (Phi) is 4.07. The average Bonchev–Trinajstić information content (AvgIpc) is 2.78. The van der Waals surface area contributed by atoms with Crippen LogP contribution in [0.3, 0.4) is 0 Å². The second kappa shape index (κ2) is 5.56. The van der Waals surface area contributed by atoms with Gasteiger partial charge in [-0.25, -0.2) is 0 Å². The first-order valence-electron chi connectivity index (χ1n) is 5.89. The van der Waals surface area contributed by atoms with Crippen molar-refractivity contribution in [1.82, 2.24) is 10.6 Å². The Hall–Kier alpha value is -1.00. The third kappa shape index (κ3) is 2.82. The van der Waals surface area contributed by atoms with E-state index in [4.69, 9.17) is 0 Å². The molecule has 1 aliphatic heterocycles. The van der Waals surface area contributed by atoms with E-state index in [2.05, 4.69) is 34.9 Å². The van der Waals surface area contributed by atoms with Crippen LogP contribution in [0, 0.1) is 0 Å². The van der Waals surface area contributed by atoms with Crippen LogP contribution in [0.25, 0.3) is 0 Å². The second-order valence-electron chi connectivity index (χ2n) is 4.29. The van der Waals surface area contributed by atoms with Gasteiger partial charge in [-0.15, -0.1) is 11.8 Å². The van der Waals surface area contributed by atoms with Crippen LogP contribution in [0.5, 0.6) is 0 Å². The van der Waals surface area contributed by atoms with Gasteiger partial charge in [-0.05, 0) is 18.6 Å². The van der Waals surface area contributed by atoms with E-state index in [0.717, 1.165) is 12.3 Å². The van der Waals surface area contributed by atoms with Gasteiger partial charge in [0.15, 0.2) is 0 Å². The fourth-order valence-electron chi connectivity index (χ4n) is 2.03. The number of amides is 1. The summed E-state index contributed by atoms with van der Waals surface area (Å²) in [6.07, 6.45) is 0. The standard InChI is InChI=1S/C13H18N2OS/c1-9(13(16)14-2)15-7-10-8-17-12-6-4-3-5-11(10)12/h3-6,9-10,15H,7-8H2,1-2H3,(H,14,16). The number of rotatable bonds is 4. The number of nitrogens with one attached hydrogen (secondary N) is 2. The number of carbonyl (C=O) groups excluding carboxylic acids is 1. The normalized spacial score (nSPS) is 19.8. The molecule has 0 saturated carbocycles. The van der Waals surface area contributed by atoms with E-state index >= 15 is 0 Å². The molecule has 1 heterocycles. The lowest BCUT2D eigenvalue weighted by Gasteiger charge is -2.16. The molecular weight excluding hydrogens is 232 g/mol. The summed E-state index contributed by atoms with van der Waals surface area (Å²) in [5, 5.41) is 5.94. The van der Waals surface area contributed by atoms with Gasteiger partial charge in [-0.1, -0.05) is 18.2 Å². The summed E-state index contributed by atoms with van der Waals surface area (Å²) >= 11 is 1.90. The lowest BCUT2D eigenvalue weighted by Crippen LogP contribution is -2.42. The van der Waals surface area contributed by atoms with Gasteiger partial charge < -0.3 is 10.6 Å². The third-order valence-electron chi connectivity index (χ3n) is 3.11. The van der Waals surface area contributed by atoms with E-state index < -0.39 is 0 Å². The van der Waals surface area contributed by atoms with Gasteiger partial charge >= 0.3 is 0 Å². The largest absolute Gasteiger partial charge is 0.358 e. The zero-order chi connectivity index (χ0) is 12.3. The van der Waals surface area contributed by atoms with Crippen molar-refractivity contribution in [3.8, 4) is 0 Å². The SMILES string of the molecule is CNC(=O)C(C)NCC1CSc2ccccc21. The highest BCUT2D eigenvalue weighted by molar-refractivity contribution is 7.99. The third-order valence-corrected chi connectivity index (χ3v) is 4.36. The number of likely N-dealkylation sites (N-methyl/N-ethyl adjacent to an activating group) is 1. The molecule has 0 aliphatic carbocycles. The summed E-state index contributed by atoms with van der Waals surface area (Å²) in [4.78, 5) is 12.8. The Balaban J connectivity index is 1.92. The molecule has 17 heavy (non-hydrogen) atoms. The van der Waals surface area contributed by atoms with Crippen molar-refractivity contribution >= 4 is 17.7 Å². The van der Waals surface area contributed by atoms with Crippen molar-refractivity contribution in [1.29, 1.82) is 0 Å². The van der Waals surface area contributed by atoms with Crippen molar-refractivity contribution in [2.75, 3.05) is 19.3 Å². The van der Waals surface area contributed by atoms with Crippen molar-refractivity contribution in [3.05, 3.63) is 29.8 Å². The molecule has 0 fully saturated rings. The zero-order valence-electron chi connectivity index (χ0n) is 10.2. The van der Waals surface area contributed by atoms with Crippen molar-refractivity contribution < 1.29 is 4.79 Å². The molecule has 2 atom stereocenters. The fraction of sp³-hybridized carbons (Fsp3) is 0.462. The molecule has 3 nitrogen and oxygen atoms in total. The molecule has 0 aromatic heterocycles. The highest BCUT2D eigenvalue weighted by atomic mass is 32.2. The predicted molar refractivity (Wildman–Crippen MR) is 71.4 cm³/mol. The fourth-order valence-corrected chi connectivity index (χ4v) is 3.28. The molecule has 0 saturated heterocycles. The number of benzene rings is 1. The molecule has 2 N–H and O–H groups in total. The van der Waals surface area contributed by atoms with Crippen LogP contribution >= 0.6 is 11.8 Å². The van der Waals surface area contributed by atoms with Gasteiger partial charge in [-0.2, -0.15) is 0 Å². The Morgan fingerprint density at radius 1 is 1.53 bits per heavy atom. The summed E-state index contributed by atoms with van der Waals surface area (Å²) < 4.78 is 0. The summed E-state index contributed by atoms with van der Waals surface area (Å²) in [6.45, 7) is 2.76. The first-order chi connectivity index (χ1) is 8.22. The lowest BCUT2D eigenvalue weighted by atomic mass is 10.0. The van der Waals surface area contributed by atoms with Gasteiger partial charge in [0.25, 0.3) is 0 Å². The number of carbonyl (C=O) groups is 1. The monoisotopic (exact) mass is 250 g/mol. The smallest absolute Gasteiger partial charge is 0.236 e. The van der Waals surface area contributed by atoms with E-state index in [-0.39, 0.29) is 11.9 Å². The second-order valence-corrected chi connectivity index (χ2v) is 5.35. The average molecular weight is 250 g/mol. The Labute approximate surface area is 106 Å². The van der Waals surface area contributed by atoms with Crippen molar-refractivity contribution in [2.45, 2.75) is 23.8 Å². The summed E-state index contributed by atoms with van der Waals surface area (Å²) in [5.74, 6) is 1.67. The van der Waals surface area contributed by atoms with E-state index in [1.165, 1.54) is 10.5 Å². The minimum Gasteiger partial charge on any atom is -0.358 e. The van der Waals surface area contributed by atoms with Crippen LogP contribution in [-0.4, -0.2) is 31.3 Å². The van der Waals surface area contributed by atoms with Crippen LogP contribution in [0.4, 0.5) is 0 Å². The maximum atomic E-state index is 11.4. The van der Waals surface area contributed by atoms with Gasteiger partial charge in [0, 0.05) is 30.2 Å². The highest BCUT2D eigenvalue weighted by Crippen LogP contribution is 2.38.